The van der Waals surface area contributed by atoms with Gasteiger partial charge in [0.1, 0.15) is 5.52 Å². The van der Waals surface area contributed by atoms with Crippen molar-refractivity contribution in [3.05, 3.63) is 36.2 Å². The van der Waals surface area contributed by atoms with E-state index in [-0.39, 0.29) is 17.9 Å². The Hall–Kier alpha value is -2.50. The van der Waals surface area contributed by atoms with Gasteiger partial charge in [-0.15, -0.1) is 0 Å². The van der Waals surface area contributed by atoms with E-state index >= 15 is 0 Å². The van der Waals surface area contributed by atoms with E-state index in [9.17, 15) is 9.59 Å². The summed E-state index contributed by atoms with van der Waals surface area (Å²) < 4.78 is 0. The molecule has 1 aliphatic heterocycles. The molecule has 1 saturated heterocycles. The minimum absolute atomic E-state index is 0.0338. The molecule has 6 heteroatoms. The monoisotopic (exact) mass is 270 g/mol. The Labute approximate surface area is 115 Å². The highest BCUT2D eigenvalue weighted by molar-refractivity contribution is 6.04. The van der Waals surface area contributed by atoms with Crippen LogP contribution in [0, 0.1) is 0 Å². The quantitative estimate of drug-likeness (QED) is 0.838. The predicted octanol–water partition coefficient (Wildman–Crippen LogP) is 0.638. The number of benzene rings is 1. The highest BCUT2D eigenvalue weighted by Crippen LogP contribution is 2.14. The molecule has 1 fully saturated rings. The maximum Gasteiger partial charge on any atom is 0.253 e. The molecule has 1 atom stereocenters. The Morgan fingerprint density at radius 1 is 1.30 bits per heavy atom. The molecule has 6 nitrogen and oxygen atoms in total. The topological polar surface area (TPSA) is 84.0 Å². The smallest absolute Gasteiger partial charge is 0.253 e. The Kier molecular flexibility index (Phi) is 3.28. The number of carbonyl (C=O) groups is 2. The molecule has 102 valence electrons. The molecule has 0 bridgehead atoms. The minimum atomic E-state index is -0.183. The van der Waals surface area contributed by atoms with Crippen LogP contribution in [0.4, 0.5) is 0 Å². The number of nitrogens with one attached hydrogen (secondary N) is 2. The molecule has 1 aliphatic rings. The molecule has 0 radical (unpaired) electrons. The number of hydrogen-bond acceptors (Lipinski definition) is 4. The lowest BCUT2D eigenvalue weighted by molar-refractivity contribution is -0.122. The Morgan fingerprint density at radius 2 is 2.15 bits per heavy atom. The molecule has 2 heterocycles. The van der Waals surface area contributed by atoms with Crippen molar-refractivity contribution < 1.29 is 9.59 Å². The molecule has 0 spiro atoms. The van der Waals surface area contributed by atoms with Crippen molar-refractivity contribution in [2.45, 2.75) is 18.9 Å². The normalized spacial score (nSPS) is 18.6. The number of aromatic nitrogens is 2. The van der Waals surface area contributed by atoms with Gasteiger partial charge in [-0.25, -0.2) is 0 Å². The number of carbonyl (C=O) groups excluding carboxylic acids is 2. The van der Waals surface area contributed by atoms with E-state index in [1.807, 2.05) is 6.07 Å². The molecule has 0 saturated carbocycles. The molecule has 2 N–H and O–H groups in total. The van der Waals surface area contributed by atoms with Gasteiger partial charge in [0.2, 0.25) is 5.91 Å². The second kappa shape index (κ2) is 5.24. The van der Waals surface area contributed by atoms with Crippen LogP contribution in [0.15, 0.2) is 30.6 Å². The lowest BCUT2D eigenvalue weighted by Gasteiger charge is -2.23. The fourth-order valence-corrected chi connectivity index (χ4v) is 2.30. The van der Waals surface area contributed by atoms with Crippen LogP contribution < -0.4 is 10.6 Å². The molecule has 2 amide bonds. The van der Waals surface area contributed by atoms with E-state index in [4.69, 9.17) is 0 Å². The average Bonchev–Trinajstić information content (AvgIpc) is 2.49. The number of nitrogens with zero attached hydrogens (tertiary/aromatic N) is 2. The van der Waals surface area contributed by atoms with E-state index in [1.165, 1.54) is 0 Å². The molecule has 1 aromatic carbocycles. The maximum atomic E-state index is 12.3. The summed E-state index contributed by atoms with van der Waals surface area (Å²) in [7, 11) is 0. The molecular formula is C14H14N4O2. The van der Waals surface area contributed by atoms with Gasteiger partial charge in [0.15, 0.2) is 0 Å². The summed E-state index contributed by atoms with van der Waals surface area (Å²) in [5.74, 6) is -0.149. The van der Waals surface area contributed by atoms with E-state index in [0.717, 1.165) is 0 Å². The zero-order valence-corrected chi connectivity index (χ0v) is 10.8. The second-order valence-electron chi connectivity index (χ2n) is 4.74. The Morgan fingerprint density at radius 3 is 2.95 bits per heavy atom. The van der Waals surface area contributed by atoms with Crippen LogP contribution in [0.2, 0.25) is 0 Å². The van der Waals surface area contributed by atoms with Crippen LogP contribution in [-0.4, -0.2) is 34.4 Å². The lowest BCUT2D eigenvalue weighted by atomic mass is 10.1. The number of fused-ring (bicyclic) bond motifs is 1. The summed E-state index contributed by atoms with van der Waals surface area (Å²) in [5, 5.41) is 5.67. The SMILES string of the molecule is O=C1CCC(NC(=O)c2cccc3nccnc23)CN1. The van der Waals surface area contributed by atoms with Gasteiger partial charge in [-0.1, -0.05) is 6.07 Å². The first-order valence-corrected chi connectivity index (χ1v) is 6.51. The van der Waals surface area contributed by atoms with Crippen LogP contribution in [0.5, 0.6) is 0 Å². The summed E-state index contributed by atoms with van der Waals surface area (Å²) in [4.78, 5) is 31.8. The fourth-order valence-electron chi connectivity index (χ4n) is 2.30. The molecule has 1 aromatic heterocycles. The van der Waals surface area contributed by atoms with Crippen molar-refractivity contribution in [1.29, 1.82) is 0 Å². The van der Waals surface area contributed by atoms with Crippen LogP contribution in [0.25, 0.3) is 11.0 Å². The van der Waals surface area contributed by atoms with Gasteiger partial charge in [0, 0.05) is 31.4 Å². The van der Waals surface area contributed by atoms with Crippen molar-refractivity contribution in [2.24, 2.45) is 0 Å². The van der Waals surface area contributed by atoms with Gasteiger partial charge >= 0.3 is 0 Å². The van der Waals surface area contributed by atoms with Crippen LogP contribution in [0.1, 0.15) is 23.2 Å². The van der Waals surface area contributed by atoms with Crippen molar-refractivity contribution in [3.8, 4) is 0 Å². The predicted molar refractivity (Wildman–Crippen MR) is 73.0 cm³/mol. The summed E-state index contributed by atoms with van der Waals surface area (Å²) in [6.45, 7) is 0.473. The summed E-state index contributed by atoms with van der Waals surface area (Å²) in [5.41, 5.74) is 1.79. The highest BCUT2D eigenvalue weighted by Gasteiger charge is 2.21. The fraction of sp³-hybridized carbons (Fsp3) is 0.286. The number of para-hydroxylation sites is 1. The number of amides is 2. The first-order valence-electron chi connectivity index (χ1n) is 6.51. The molecule has 3 rings (SSSR count). The average molecular weight is 270 g/mol. The van der Waals surface area contributed by atoms with E-state index in [0.29, 0.717) is 36.0 Å². The van der Waals surface area contributed by atoms with Gasteiger partial charge in [-0.2, -0.15) is 0 Å². The first-order chi connectivity index (χ1) is 9.74. The number of hydrogen-bond donors (Lipinski definition) is 2. The molecule has 20 heavy (non-hydrogen) atoms. The minimum Gasteiger partial charge on any atom is -0.354 e. The molecule has 0 aliphatic carbocycles. The zero-order chi connectivity index (χ0) is 13.9. The summed E-state index contributed by atoms with van der Waals surface area (Å²) >= 11 is 0. The van der Waals surface area contributed by atoms with Gasteiger partial charge in [-0.3, -0.25) is 19.6 Å². The van der Waals surface area contributed by atoms with Crippen molar-refractivity contribution in [2.75, 3.05) is 6.54 Å². The van der Waals surface area contributed by atoms with E-state index < -0.39 is 0 Å². The second-order valence-corrected chi connectivity index (χ2v) is 4.74. The third-order valence-corrected chi connectivity index (χ3v) is 3.34. The van der Waals surface area contributed by atoms with Crippen LogP contribution >= 0.6 is 0 Å². The first kappa shape index (κ1) is 12.5. The van der Waals surface area contributed by atoms with Crippen molar-refractivity contribution >= 4 is 22.8 Å². The van der Waals surface area contributed by atoms with Gasteiger partial charge in [0.25, 0.3) is 5.91 Å². The van der Waals surface area contributed by atoms with Gasteiger partial charge in [-0.05, 0) is 18.6 Å². The van der Waals surface area contributed by atoms with Crippen LogP contribution in [-0.2, 0) is 4.79 Å². The Balaban J connectivity index is 1.80. The lowest BCUT2D eigenvalue weighted by Crippen LogP contribution is -2.47. The largest absolute Gasteiger partial charge is 0.354 e. The third-order valence-electron chi connectivity index (χ3n) is 3.34. The molecular weight excluding hydrogens is 256 g/mol. The van der Waals surface area contributed by atoms with Gasteiger partial charge in [0.05, 0.1) is 11.1 Å². The van der Waals surface area contributed by atoms with Crippen molar-refractivity contribution in [3.63, 3.8) is 0 Å². The van der Waals surface area contributed by atoms with Gasteiger partial charge < -0.3 is 10.6 Å². The third kappa shape index (κ3) is 2.45. The van der Waals surface area contributed by atoms with E-state index in [2.05, 4.69) is 20.6 Å². The maximum absolute atomic E-state index is 12.3. The standard InChI is InChI=1S/C14H14N4O2/c19-12-5-4-9(8-17-12)18-14(20)10-2-1-3-11-13(10)16-7-6-15-11/h1-3,6-7,9H,4-5,8H2,(H,17,19)(H,18,20). The van der Waals surface area contributed by atoms with E-state index in [1.54, 1.807) is 24.5 Å². The van der Waals surface area contributed by atoms with Crippen molar-refractivity contribution in [1.82, 2.24) is 20.6 Å². The Bertz CT molecular complexity index is 656. The number of rotatable bonds is 2. The summed E-state index contributed by atoms with van der Waals surface area (Å²) in [6.07, 6.45) is 4.27. The number of piperidine rings is 1. The molecule has 1 unspecified atom stereocenters. The highest BCUT2D eigenvalue weighted by atomic mass is 16.2. The molecule has 2 aromatic rings. The zero-order valence-electron chi connectivity index (χ0n) is 10.8. The van der Waals surface area contributed by atoms with Crippen LogP contribution in [0.3, 0.4) is 0 Å². The summed E-state index contributed by atoms with van der Waals surface area (Å²) in [6, 6.07) is 5.30.